The van der Waals surface area contributed by atoms with E-state index >= 15 is 0 Å². The van der Waals surface area contributed by atoms with Crippen LogP contribution in [0.2, 0.25) is 0 Å². The second-order valence-electron chi connectivity index (χ2n) is 9.18. The number of nitrogens with zero attached hydrogens (tertiary/aromatic N) is 1. The molecule has 0 atom stereocenters. The van der Waals surface area contributed by atoms with Gasteiger partial charge in [0.05, 0.1) is 26.9 Å². The van der Waals surface area contributed by atoms with Crippen LogP contribution in [0.4, 0.5) is 5.69 Å². The molecule has 0 fully saturated rings. The van der Waals surface area contributed by atoms with Crippen LogP contribution >= 0.6 is 0 Å². The van der Waals surface area contributed by atoms with E-state index in [0.29, 0.717) is 17.3 Å². The van der Waals surface area contributed by atoms with Gasteiger partial charge in [0.25, 0.3) is 0 Å². The Labute approximate surface area is 241 Å². The number of benzene rings is 1. The van der Waals surface area contributed by atoms with E-state index in [1.54, 1.807) is 21.3 Å². The van der Waals surface area contributed by atoms with Crippen molar-refractivity contribution in [3.05, 3.63) is 64.8 Å². The third kappa shape index (κ3) is 12.8. The molecule has 0 amide bonds. The lowest BCUT2D eigenvalue weighted by atomic mass is 10.1. The van der Waals surface area contributed by atoms with Crippen molar-refractivity contribution in [1.82, 2.24) is 4.98 Å². The number of aldehydes is 1. The highest BCUT2D eigenvalue weighted by atomic mass is 16.5. The maximum atomic E-state index is 9.73. The van der Waals surface area contributed by atoms with E-state index in [1.807, 2.05) is 104 Å². The molecular weight excluding hydrogens is 506 g/mol. The fourth-order valence-corrected chi connectivity index (χ4v) is 3.25. The number of ether oxygens (including phenoxy) is 4. The van der Waals surface area contributed by atoms with Gasteiger partial charge >= 0.3 is 0 Å². The molecule has 2 aromatic rings. The van der Waals surface area contributed by atoms with Crippen molar-refractivity contribution in [1.29, 1.82) is 0 Å². The number of rotatable bonds is 11. The van der Waals surface area contributed by atoms with E-state index in [2.05, 4.69) is 17.2 Å². The predicted octanol–water partition coefficient (Wildman–Crippen LogP) is 7.47. The number of nitrogens with one attached hydrogen (secondary N) is 2. The van der Waals surface area contributed by atoms with Gasteiger partial charge in [0.1, 0.15) is 24.3 Å². The van der Waals surface area contributed by atoms with E-state index in [0.717, 1.165) is 40.2 Å². The summed E-state index contributed by atoms with van der Waals surface area (Å²) in [5.41, 5.74) is 5.44. The number of anilines is 1. The molecule has 0 radical (unpaired) electrons. The van der Waals surface area contributed by atoms with Gasteiger partial charge in [-0.2, -0.15) is 0 Å². The number of aromatic nitrogens is 1. The molecule has 0 aliphatic heterocycles. The molecule has 0 aliphatic carbocycles. The monoisotopic (exact) mass is 555 g/mol. The lowest BCUT2D eigenvalue weighted by Gasteiger charge is -2.16. The second-order valence-corrected chi connectivity index (χ2v) is 9.18. The van der Waals surface area contributed by atoms with Crippen LogP contribution in [0, 0.1) is 6.92 Å². The standard InChI is InChI=1S/C24H31N3O3.C6H12O2.C2H6/c1-8-22(28-5)21(14-19-16(2)11-12-26-19)27-17(3)9-10-18-13-23(29-6)24(30-7)15-20(18)25-4;1-6(2,3)8-5-4-7;1-2/h8-15,25-26H,1-7H3;4H,5H2,1-3H3;1-2H3/b10-9+,21-14-,22-8+,27-17-;;. The normalized spacial score (nSPS) is 12.2. The molecular formula is C32H49N3O5. The average molecular weight is 556 g/mol. The smallest absolute Gasteiger partial charge is 0.162 e. The van der Waals surface area contributed by atoms with E-state index < -0.39 is 0 Å². The van der Waals surface area contributed by atoms with Gasteiger partial charge in [0.15, 0.2) is 11.5 Å². The third-order valence-electron chi connectivity index (χ3n) is 5.22. The molecule has 0 bridgehead atoms. The molecule has 0 saturated carbocycles. The molecule has 1 aromatic heterocycles. The Morgan fingerprint density at radius 2 is 1.73 bits per heavy atom. The topological polar surface area (TPSA) is 94.2 Å². The van der Waals surface area contributed by atoms with Gasteiger partial charge in [0.2, 0.25) is 0 Å². The number of aryl methyl sites for hydroxylation is 1. The minimum atomic E-state index is -0.180. The summed E-state index contributed by atoms with van der Waals surface area (Å²) in [7, 11) is 6.77. The first-order valence-corrected chi connectivity index (χ1v) is 13.3. The van der Waals surface area contributed by atoms with Gasteiger partial charge in [-0.15, -0.1) is 0 Å². The zero-order valence-electron chi connectivity index (χ0n) is 26.4. The Morgan fingerprint density at radius 1 is 1.10 bits per heavy atom. The van der Waals surface area contributed by atoms with Gasteiger partial charge in [-0.25, -0.2) is 4.99 Å². The number of H-pyrrole nitrogens is 1. The minimum absolute atomic E-state index is 0.180. The number of aromatic amines is 1. The summed E-state index contributed by atoms with van der Waals surface area (Å²) in [5.74, 6) is 2.05. The molecule has 222 valence electrons. The van der Waals surface area contributed by atoms with Crippen LogP contribution in [0.25, 0.3) is 12.2 Å². The largest absolute Gasteiger partial charge is 0.495 e. The summed E-state index contributed by atoms with van der Waals surface area (Å²) >= 11 is 0. The number of hydrogen-bond donors (Lipinski definition) is 2. The van der Waals surface area contributed by atoms with E-state index in [1.165, 1.54) is 0 Å². The van der Waals surface area contributed by atoms with Crippen LogP contribution in [0.5, 0.6) is 11.5 Å². The Bertz CT molecular complexity index is 1150. The lowest BCUT2D eigenvalue weighted by molar-refractivity contribution is -0.116. The SMILES string of the molecule is CC.CC(C)(C)OCC=O.C\C=C(OC)/C(=C/c1[nH]ccc1C)/N=C(C)\C=C\c1cc(OC)c(OC)cc1NC. The van der Waals surface area contributed by atoms with Crippen LogP contribution in [-0.2, 0) is 14.3 Å². The number of methoxy groups -OCH3 is 3. The second kappa shape index (κ2) is 19.3. The molecule has 0 saturated heterocycles. The maximum absolute atomic E-state index is 9.73. The summed E-state index contributed by atoms with van der Waals surface area (Å²) in [4.78, 5) is 17.7. The lowest BCUT2D eigenvalue weighted by Crippen LogP contribution is -2.19. The van der Waals surface area contributed by atoms with Crippen LogP contribution < -0.4 is 14.8 Å². The van der Waals surface area contributed by atoms with Crippen molar-refractivity contribution < 1.29 is 23.7 Å². The van der Waals surface area contributed by atoms with Crippen molar-refractivity contribution in [3.8, 4) is 11.5 Å². The number of allylic oxidation sites excluding steroid dienone is 2. The summed E-state index contributed by atoms with van der Waals surface area (Å²) in [6, 6.07) is 5.87. The van der Waals surface area contributed by atoms with Gasteiger partial charge in [-0.3, -0.25) is 0 Å². The first-order valence-electron chi connectivity index (χ1n) is 13.3. The highest BCUT2D eigenvalue weighted by Crippen LogP contribution is 2.34. The number of aliphatic imine (C=N–C) groups is 1. The van der Waals surface area contributed by atoms with E-state index in [4.69, 9.17) is 23.9 Å². The summed E-state index contributed by atoms with van der Waals surface area (Å²) in [5, 5.41) is 3.19. The van der Waals surface area contributed by atoms with Gasteiger partial charge < -0.3 is 34.0 Å². The van der Waals surface area contributed by atoms with Crippen LogP contribution in [0.3, 0.4) is 0 Å². The highest BCUT2D eigenvalue weighted by Gasteiger charge is 2.10. The fraction of sp³-hybridized carbons (Fsp3) is 0.438. The predicted molar refractivity (Wildman–Crippen MR) is 169 cm³/mol. The number of hydrogen-bond acceptors (Lipinski definition) is 7. The van der Waals surface area contributed by atoms with Crippen molar-refractivity contribution in [3.63, 3.8) is 0 Å². The molecule has 0 spiro atoms. The molecule has 2 rings (SSSR count). The number of carbonyl (C=O) groups excluding carboxylic acids is 1. The van der Waals surface area contributed by atoms with Crippen molar-refractivity contribution in [2.45, 2.75) is 61.0 Å². The van der Waals surface area contributed by atoms with Crippen LogP contribution in [0.1, 0.15) is 65.3 Å². The zero-order chi connectivity index (χ0) is 30.7. The third-order valence-corrected chi connectivity index (χ3v) is 5.22. The molecule has 1 heterocycles. The zero-order valence-corrected chi connectivity index (χ0v) is 26.4. The molecule has 2 N–H and O–H groups in total. The quantitative estimate of drug-likeness (QED) is 0.129. The van der Waals surface area contributed by atoms with Gasteiger partial charge in [-0.1, -0.05) is 19.9 Å². The van der Waals surface area contributed by atoms with Crippen LogP contribution in [0.15, 0.2) is 53.0 Å². The summed E-state index contributed by atoms with van der Waals surface area (Å²) in [6.07, 6.45) is 10.5. The van der Waals surface area contributed by atoms with Crippen molar-refractivity contribution in [2.75, 3.05) is 40.3 Å². The molecule has 0 unspecified atom stereocenters. The molecule has 8 heteroatoms. The molecule has 1 aromatic carbocycles. The van der Waals surface area contributed by atoms with Crippen molar-refractivity contribution >= 4 is 29.8 Å². The first kappa shape index (κ1) is 36.2. The fourth-order valence-electron chi connectivity index (χ4n) is 3.25. The molecule has 0 aliphatic rings. The Hall–Kier alpha value is -3.78. The maximum Gasteiger partial charge on any atom is 0.162 e. The Kier molecular flexibility index (Phi) is 17.5. The van der Waals surface area contributed by atoms with Crippen LogP contribution in [-0.4, -0.2) is 57.6 Å². The van der Waals surface area contributed by atoms with Gasteiger partial charge in [0, 0.05) is 42.0 Å². The van der Waals surface area contributed by atoms with Gasteiger partial charge in [-0.05, 0) is 77.5 Å². The van der Waals surface area contributed by atoms with Crippen molar-refractivity contribution in [2.24, 2.45) is 4.99 Å². The van der Waals surface area contributed by atoms with E-state index in [-0.39, 0.29) is 12.2 Å². The average Bonchev–Trinajstić information content (AvgIpc) is 3.35. The molecule has 40 heavy (non-hydrogen) atoms. The Balaban J connectivity index is 0.00000130. The summed E-state index contributed by atoms with van der Waals surface area (Å²) < 4.78 is 21.3. The van der Waals surface area contributed by atoms with E-state index in [9.17, 15) is 4.79 Å². The minimum Gasteiger partial charge on any atom is -0.495 e. The summed E-state index contributed by atoms with van der Waals surface area (Å²) in [6.45, 7) is 15.9. The molecule has 8 nitrogen and oxygen atoms in total. The Morgan fingerprint density at radius 3 is 2.15 bits per heavy atom. The highest BCUT2D eigenvalue weighted by molar-refractivity contribution is 5.98. The first-order chi connectivity index (χ1) is 19.0. The number of carbonyl (C=O) groups is 1.